The lowest BCUT2D eigenvalue weighted by molar-refractivity contribution is -0.0328. The number of rotatable bonds is 5. The fourth-order valence-electron chi connectivity index (χ4n) is 1.20. The molecule has 1 aromatic carbocycles. The molecule has 0 bridgehead atoms. The Morgan fingerprint density at radius 1 is 1.33 bits per heavy atom. The van der Waals surface area contributed by atoms with Gasteiger partial charge in [-0.1, -0.05) is 6.08 Å². The molecule has 98 valence electrons. The lowest BCUT2D eigenvalue weighted by atomic mass is 10.2. The van der Waals surface area contributed by atoms with E-state index in [2.05, 4.69) is 11.9 Å². The normalized spacial score (nSPS) is 11.1. The summed E-state index contributed by atoms with van der Waals surface area (Å²) in [6.07, 6.45) is 2.32. The summed E-state index contributed by atoms with van der Waals surface area (Å²) in [5, 5.41) is 2.63. The summed E-state index contributed by atoms with van der Waals surface area (Å²) in [6, 6.07) is 5.30. The molecule has 1 amide bonds. The number of hydrogen-bond donors (Lipinski definition) is 1. The molecular formula is C12H12F3NOS. The number of carbonyl (C=O) groups is 1. The molecule has 1 N–H and O–H groups in total. The third-order valence-electron chi connectivity index (χ3n) is 1.98. The highest BCUT2D eigenvalue weighted by molar-refractivity contribution is 8.00. The van der Waals surface area contributed by atoms with Crippen molar-refractivity contribution in [2.75, 3.05) is 6.54 Å². The number of benzene rings is 1. The van der Waals surface area contributed by atoms with E-state index in [-0.39, 0.29) is 22.6 Å². The van der Waals surface area contributed by atoms with Gasteiger partial charge in [0.15, 0.2) is 0 Å². The predicted octanol–water partition coefficient (Wildman–Crippen LogP) is 3.60. The number of halogens is 3. The van der Waals surface area contributed by atoms with Crippen molar-refractivity contribution in [1.82, 2.24) is 5.32 Å². The Kier molecular flexibility index (Phi) is 5.27. The van der Waals surface area contributed by atoms with Crippen LogP contribution in [0.2, 0.25) is 0 Å². The van der Waals surface area contributed by atoms with E-state index in [4.69, 9.17) is 0 Å². The predicted molar refractivity (Wildman–Crippen MR) is 65.5 cm³/mol. The Morgan fingerprint density at radius 3 is 2.44 bits per heavy atom. The first-order chi connectivity index (χ1) is 8.42. The molecule has 18 heavy (non-hydrogen) atoms. The van der Waals surface area contributed by atoms with Crippen molar-refractivity contribution in [3.63, 3.8) is 0 Å². The smallest absolute Gasteiger partial charge is 0.352 e. The Morgan fingerprint density at radius 2 is 1.94 bits per heavy atom. The van der Waals surface area contributed by atoms with Crippen LogP contribution in [-0.2, 0) is 0 Å². The van der Waals surface area contributed by atoms with Crippen LogP contribution in [0.25, 0.3) is 0 Å². The quantitative estimate of drug-likeness (QED) is 0.505. The second-order valence-electron chi connectivity index (χ2n) is 3.41. The summed E-state index contributed by atoms with van der Waals surface area (Å²) in [7, 11) is 0. The van der Waals surface area contributed by atoms with Gasteiger partial charge in [-0.2, -0.15) is 13.2 Å². The van der Waals surface area contributed by atoms with Crippen molar-refractivity contribution in [3.8, 4) is 0 Å². The van der Waals surface area contributed by atoms with Gasteiger partial charge in [0, 0.05) is 17.0 Å². The van der Waals surface area contributed by atoms with Gasteiger partial charge in [0.05, 0.1) is 0 Å². The Bertz CT molecular complexity index is 414. The van der Waals surface area contributed by atoms with Gasteiger partial charge in [-0.15, -0.1) is 6.58 Å². The minimum Gasteiger partial charge on any atom is -0.352 e. The van der Waals surface area contributed by atoms with Gasteiger partial charge in [-0.25, -0.2) is 0 Å². The average Bonchev–Trinajstić information content (AvgIpc) is 2.28. The molecule has 2 nitrogen and oxygen atoms in total. The van der Waals surface area contributed by atoms with Crippen molar-refractivity contribution in [2.24, 2.45) is 0 Å². The largest absolute Gasteiger partial charge is 0.446 e. The number of nitrogens with one attached hydrogen (secondary N) is 1. The molecule has 0 saturated carbocycles. The first-order valence-electron chi connectivity index (χ1n) is 5.17. The molecule has 6 heteroatoms. The Labute approximate surface area is 107 Å². The number of thioether (sulfide) groups is 1. The molecule has 0 saturated heterocycles. The number of amides is 1. The summed E-state index contributed by atoms with van der Waals surface area (Å²) < 4.78 is 36.2. The zero-order valence-corrected chi connectivity index (χ0v) is 10.3. The average molecular weight is 275 g/mol. The van der Waals surface area contributed by atoms with Crippen molar-refractivity contribution in [1.29, 1.82) is 0 Å². The Balaban J connectivity index is 2.59. The van der Waals surface area contributed by atoms with Gasteiger partial charge in [-0.05, 0) is 42.4 Å². The zero-order chi connectivity index (χ0) is 13.6. The topological polar surface area (TPSA) is 29.1 Å². The summed E-state index contributed by atoms with van der Waals surface area (Å²) >= 11 is -0.202. The number of carbonyl (C=O) groups excluding carboxylic acids is 1. The first-order valence-corrected chi connectivity index (χ1v) is 5.99. The minimum absolute atomic E-state index is 0.0603. The molecule has 0 fully saturated rings. The van der Waals surface area contributed by atoms with Crippen LogP contribution in [0.3, 0.4) is 0 Å². The molecule has 0 aliphatic carbocycles. The molecule has 0 heterocycles. The fraction of sp³-hybridized carbons (Fsp3) is 0.250. The van der Waals surface area contributed by atoms with Crippen molar-refractivity contribution in [3.05, 3.63) is 42.5 Å². The lowest BCUT2D eigenvalue weighted by Crippen LogP contribution is -2.23. The van der Waals surface area contributed by atoms with E-state index in [1.54, 1.807) is 6.08 Å². The zero-order valence-electron chi connectivity index (χ0n) is 9.46. The molecule has 0 spiro atoms. The molecule has 0 atom stereocenters. The van der Waals surface area contributed by atoms with Crippen molar-refractivity contribution >= 4 is 17.7 Å². The second kappa shape index (κ2) is 6.49. The van der Waals surface area contributed by atoms with Gasteiger partial charge < -0.3 is 5.32 Å². The lowest BCUT2D eigenvalue weighted by Gasteiger charge is -2.07. The van der Waals surface area contributed by atoms with Crippen LogP contribution in [0.15, 0.2) is 41.8 Å². The van der Waals surface area contributed by atoms with Crippen LogP contribution in [-0.4, -0.2) is 18.0 Å². The third-order valence-corrected chi connectivity index (χ3v) is 2.72. The maximum Gasteiger partial charge on any atom is 0.446 e. The molecule has 0 aliphatic rings. The summed E-state index contributed by atoms with van der Waals surface area (Å²) in [5.74, 6) is -0.305. The summed E-state index contributed by atoms with van der Waals surface area (Å²) in [6.45, 7) is 3.98. The van der Waals surface area contributed by atoms with Crippen LogP contribution in [0.5, 0.6) is 0 Å². The fourth-order valence-corrected chi connectivity index (χ4v) is 1.74. The Hall–Kier alpha value is -1.43. The van der Waals surface area contributed by atoms with Gasteiger partial charge in [-0.3, -0.25) is 4.79 Å². The van der Waals surface area contributed by atoms with E-state index < -0.39 is 5.51 Å². The maximum atomic E-state index is 12.1. The second-order valence-corrected chi connectivity index (χ2v) is 4.54. The molecule has 0 radical (unpaired) electrons. The van der Waals surface area contributed by atoms with E-state index in [1.165, 1.54) is 24.3 Å². The van der Waals surface area contributed by atoms with Crippen molar-refractivity contribution in [2.45, 2.75) is 16.8 Å². The maximum absolute atomic E-state index is 12.1. The van der Waals surface area contributed by atoms with Gasteiger partial charge in [0.25, 0.3) is 5.91 Å². The highest BCUT2D eigenvalue weighted by Crippen LogP contribution is 2.36. The van der Waals surface area contributed by atoms with E-state index in [0.29, 0.717) is 18.5 Å². The summed E-state index contributed by atoms with van der Waals surface area (Å²) in [4.78, 5) is 11.6. The van der Waals surface area contributed by atoms with E-state index in [9.17, 15) is 18.0 Å². The van der Waals surface area contributed by atoms with E-state index >= 15 is 0 Å². The van der Waals surface area contributed by atoms with Gasteiger partial charge in [0.1, 0.15) is 0 Å². The van der Waals surface area contributed by atoms with E-state index in [1.807, 2.05) is 0 Å². The van der Waals surface area contributed by atoms with Crippen LogP contribution >= 0.6 is 11.8 Å². The van der Waals surface area contributed by atoms with Crippen molar-refractivity contribution < 1.29 is 18.0 Å². The van der Waals surface area contributed by atoms with Crippen LogP contribution in [0, 0.1) is 0 Å². The first kappa shape index (κ1) is 14.6. The van der Waals surface area contributed by atoms with Crippen LogP contribution in [0.1, 0.15) is 16.8 Å². The monoisotopic (exact) mass is 275 g/mol. The van der Waals surface area contributed by atoms with Gasteiger partial charge >= 0.3 is 5.51 Å². The molecule has 0 aliphatic heterocycles. The van der Waals surface area contributed by atoms with Gasteiger partial charge in [0.2, 0.25) is 0 Å². The van der Waals surface area contributed by atoms with E-state index in [0.717, 1.165) is 0 Å². The standard InChI is InChI=1S/C12H12F3NOS/c1-2-3-8-16-11(17)9-4-6-10(7-5-9)18-12(13,14)15/h2,4-7H,1,3,8H2,(H,16,17). The highest BCUT2D eigenvalue weighted by Gasteiger charge is 2.29. The molecule has 1 rings (SSSR count). The highest BCUT2D eigenvalue weighted by atomic mass is 32.2. The molecule has 0 unspecified atom stereocenters. The minimum atomic E-state index is -4.31. The van der Waals surface area contributed by atoms with Crippen LogP contribution < -0.4 is 5.32 Å². The molecule has 1 aromatic rings. The molecular weight excluding hydrogens is 263 g/mol. The number of alkyl halides is 3. The molecule has 0 aromatic heterocycles. The van der Waals surface area contributed by atoms with Crippen LogP contribution in [0.4, 0.5) is 13.2 Å². The third kappa shape index (κ3) is 5.27. The SMILES string of the molecule is C=CCCNC(=O)c1ccc(SC(F)(F)F)cc1. The number of hydrogen-bond acceptors (Lipinski definition) is 2. The summed E-state index contributed by atoms with van der Waals surface area (Å²) in [5.41, 5.74) is -3.97.